The lowest BCUT2D eigenvalue weighted by Crippen LogP contribution is -2.52. The van der Waals surface area contributed by atoms with Gasteiger partial charge in [-0.15, -0.1) is 0 Å². The van der Waals surface area contributed by atoms with Gasteiger partial charge in [-0.2, -0.15) is 10.4 Å². The fourth-order valence-corrected chi connectivity index (χ4v) is 3.55. The summed E-state index contributed by atoms with van der Waals surface area (Å²) >= 11 is 0. The van der Waals surface area contributed by atoms with Crippen molar-refractivity contribution in [3.63, 3.8) is 0 Å². The van der Waals surface area contributed by atoms with Crippen LogP contribution in [0.5, 0.6) is 0 Å². The molecule has 1 aromatic rings. The van der Waals surface area contributed by atoms with Gasteiger partial charge in [-0.05, 0) is 12.8 Å². The zero-order valence-electron chi connectivity index (χ0n) is 14.6. The maximum Gasteiger partial charge on any atom is 0.234 e. The second-order valence-electron chi connectivity index (χ2n) is 6.69. The summed E-state index contributed by atoms with van der Waals surface area (Å²) in [7, 11) is 0. The number of aromatic nitrogens is 2. The summed E-state index contributed by atoms with van der Waals surface area (Å²) in [5.41, 5.74) is 17.7. The van der Waals surface area contributed by atoms with Crippen LogP contribution in [0.1, 0.15) is 44.7 Å². The number of nitriles is 1. The standard InChI is InChI=1S/C17H24N8O/c18-8-7-15(26)23-11-3-1-2-4-12(11)24-16-10(17(20)21)9-22-25-13(16)5-6-14(25)19/h5,9,11-12,14H,1-4,6-7,19-21H2,(H,23,26)/t11-,12-,14?/m0/s1. The van der Waals surface area contributed by atoms with Crippen LogP contribution in [0, 0.1) is 11.3 Å². The molecule has 3 rings (SSSR count). The number of rotatable bonds is 3. The fourth-order valence-electron chi connectivity index (χ4n) is 3.55. The van der Waals surface area contributed by atoms with E-state index in [1.165, 1.54) is 0 Å². The van der Waals surface area contributed by atoms with Crippen LogP contribution in [0.25, 0.3) is 11.9 Å². The summed E-state index contributed by atoms with van der Waals surface area (Å²) in [6.45, 7) is 0. The van der Waals surface area contributed by atoms with Crippen LogP contribution >= 0.6 is 0 Å². The summed E-state index contributed by atoms with van der Waals surface area (Å²) in [6.07, 6.45) is 7.56. The van der Waals surface area contributed by atoms with Crippen molar-refractivity contribution in [2.45, 2.75) is 56.8 Å². The van der Waals surface area contributed by atoms with Gasteiger partial charge in [0, 0.05) is 6.42 Å². The van der Waals surface area contributed by atoms with Crippen molar-refractivity contribution < 1.29 is 4.79 Å². The molecule has 0 saturated heterocycles. The first-order valence-corrected chi connectivity index (χ1v) is 8.80. The van der Waals surface area contributed by atoms with Crippen LogP contribution in [0.4, 0.5) is 0 Å². The molecule has 138 valence electrons. The predicted octanol–water partition coefficient (Wildman–Crippen LogP) is -2.25. The number of nitrogens with two attached hydrogens (primary N) is 3. The van der Waals surface area contributed by atoms with Crippen molar-refractivity contribution in [3.8, 4) is 6.07 Å². The van der Waals surface area contributed by atoms with Gasteiger partial charge in [0.05, 0.1) is 40.3 Å². The third-order valence-corrected chi connectivity index (χ3v) is 4.84. The van der Waals surface area contributed by atoms with E-state index in [9.17, 15) is 4.79 Å². The number of nitrogens with zero attached hydrogens (tertiary/aromatic N) is 4. The molecule has 0 aromatic carbocycles. The Morgan fingerprint density at radius 1 is 1.42 bits per heavy atom. The van der Waals surface area contributed by atoms with Crippen molar-refractivity contribution in [1.82, 2.24) is 15.1 Å². The highest BCUT2D eigenvalue weighted by Crippen LogP contribution is 2.21. The predicted molar refractivity (Wildman–Crippen MR) is 95.5 cm³/mol. The van der Waals surface area contributed by atoms with E-state index < -0.39 is 0 Å². The number of carbonyl (C=O) groups excluding carboxylic acids is 1. The average molecular weight is 356 g/mol. The normalized spacial score (nSPS) is 25.1. The van der Waals surface area contributed by atoms with Gasteiger partial charge in [-0.3, -0.25) is 9.79 Å². The summed E-state index contributed by atoms with van der Waals surface area (Å²) in [4.78, 5) is 16.8. The van der Waals surface area contributed by atoms with Gasteiger partial charge in [0.15, 0.2) is 0 Å². The number of hydrogen-bond acceptors (Lipinski definition) is 7. The molecule has 2 heterocycles. The lowest BCUT2D eigenvalue weighted by Gasteiger charge is -2.29. The van der Waals surface area contributed by atoms with Crippen molar-refractivity contribution in [2.24, 2.45) is 22.2 Å². The van der Waals surface area contributed by atoms with Gasteiger partial charge in [0.2, 0.25) is 5.91 Å². The molecule has 2 aliphatic rings. The van der Waals surface area contributed by atoms with E-state index in [1.54, 1.807) is 10.9 Å². The number of amides is 1. The lowest BCUT2D eigenvalue weighted by molar-refractivity contribution is -0.121. The molecule has 1 amide bonds. The van der Waals surface area contributed by atoms with E-state index in [2.05, 4.69) is 10.4 Å². The summed E-state index contributed by atoms with van der Waals surface area (Å²) in [5, 5.41) is 18.0. The molecule has 1 fully saturated rings. The fraction of sp³-hybridized carbons (Fsp3) is 0.529. The van der Waals surface area contributed by atoms with Gasteiger partial charge < -0.3 is 22.5 Å². The van der Waals surface area contributed by atoms with Crippen LogP contribution in [-0.2, 0) is 4.79 Å². The Morgan fingerprint density at radius 2 is 2.19 bits per heavy atom. The molecule has 26 heavy (non-hydrogen) atoms. The highest BCUT2D eigenvalue weighted by Gasteiger charge is 2.26. The lowest BCUT2D eigenvalue weighted by atomic mass is 9.90. The Hall–Kier alpha value is -2.86. The number of carbonyl (C=O) groups is 1. The van der Waals surface area contributed by atoms with Crippen molar-refractivity contribution >= 4 is 17.8 Å². The number of fused-ring (bicyclic) bond motifs is 1. The molecule has 1 aliphatic carbocycles. The van der Waals surface area contributed by atoms with Gasteiger partial charge in [-0.25, -0.2) is 4.68 Å². The summed E-state index contributed by atoms with van der Waals surface area (Å²) < 4.78 is 1.72. The Morgan fingerprint density at radius 3 is 2.92 bits per heavy atom. The van der Waals surface area contributed by atoms with Gasteiger partial charge in [0.25, 0.3) is 0 Å². The average Bonchev–Trinajstić information content (AvgIpc) is 2.98. The Labute approximate surface area is 150 Å². The second-order valence-corrected chi connectivity index (χ2v) is 6.69. The van der Waals surface area contributed by atoms with Crippen LogP contribution in [0.3, 0.4) is 0 Å². The number of nitrogens with one attached hydrogen (secondary N) is 1. The zero-order chi connectivity index (χ0) is 18.7. The molecule has 7 N–H and O–H groups in total. The molecule has 0 spiro atoms. The van der Waals surface area contributed by atoms with Crippen LogP contribution < -0.4 is 38.4 Å². The number of hydrogen-bond donors (Lipinski definition) is 4. The topological polar surface area (TPSA) is 161 Å². The van der Waals surface area contributed by atoms with E-state index in [0.717, 1.165) is 31.0 Å². The van der Waals surface area contributed by atoms with Crippen LogP contribution in [0.2, 0.25) is 0 Å². The van der Waals surface area contributed by atoms with E-state index in [-0.39, 0.29) is 36.4 Å². The van der Waals surface area contributed by atoms with Gasteiger partial charge >= 0.3 is 0 Å². The Kier molecular flexibility index (Phi) is 5.23. The minimum absolute atomic E-state index is 0.109. The van der Waals surface area contributed by atoms with Gasteiger partial charge in [0.1, 0.15) is 18.4 Å². The first-order valence-electron chi connectivity index (χ1n) is 8.80. The summed E-state index contributed by atoms with van der Waals surface area (Å²) in [6, 6.07) is 1.65. The molecule has 1 saturated carbocycles. The van der Waals surface area contributed by atoms with Crippen molar-refractivity contribution in [3.05, 3.63) is 22.1 Å². The van der Waals surface area contributed by atoms with Crippen molar-refractivity contribution in [2.75, 3.05) is 0 Å². The molecule has 0 bridgehead atoms. The third-order valence-electron chi connectivity index (χ3n) is 4.84. The van der Waals surface area contributed by atoms with Crippen LogP contribution in [0.15, 0.2) is 11.2 Å². The summed E-state index contributed by atoms with van der Waals surface area (Å²) in [5.74, 6) is -0.123. The molecule has 9 nitrogen and oxygen atoms in total. The van der Waals surface area contributed by atoms with Crippen molar-refractivity contribution in [1.29, 1.82) is 5.26 Å². The zero-order valence-corrected chi connectivity index (χ0v) is 14.6. The molecular formula is C17H24N8O. The quantitative estimate of drug-likeness (QED) is 0.478. The minimum Gasteiger partial charge on any atom is -0.385 e. The highest BCUT2D eigenvalue weighted by atomic mass is 16.1. The Balaban J connectivity index is 2.07. The monoisotopic (exact) mass is 356 g/mol. The van der Waals surface area contributed by atoms with E-state index in [4.69, 9.17) is 27.5 Å². The van der Waals surface area contributed by atoms with Gasteiger partial charge in [-0.1, -0.05) is 18.9 Å². The second kappa shape index (κ2) is 7.58. The Bertz CT molecular complexity index is 922. The largest absolute Gasteiger partial charge is 0.385 e. The SMILES string of the molecule is N#CCC(=O)N[C@H]1CCCC[C@@H]1N=c1c(=C(N)N)cnn2c1=CCC2N. The van der Waals surface area contributed by atoms with E-state index in [1.807, 2.05) is 12.1 Å². The maximum atomic E-state index is 11.9. The molecule has 0 radical (unpaired) electrons. The van der Waals surface area contributed by atoms with E-state index >= 15 is 0 Å². The molecular weight excluding hydrogens is 332 g/mol. The molecule has 1 aromatic heterocycles. The highest BCUT2D eigenvalue weighted by molar-refractivity contribution is 5.78. The first-order chi connectivity index (χ1) is 12.5. The smallest absolute Gasteiger partial charge is 0.234 e. The molecule has 1 aliphatic heterocycles. The van der Waals surface area contributed by atoms with E-state index in [0.29, 0.717) is 17.0 Å². The third kappa shape index (κ3) is 3.55. The minimum atomic E-state index is -0.271. The first kappa shape index (κ1) is 17.9. The van der Waals surface area contributed by atoms with Crippen LogP contribution in [-0.4, -0.2) is 27.8 Å². The molecule has 9 heteroatoms. The maximum absolute atomic E-state index is 11.9. The molecule has 1 unspecified atom stereocenters. The molecule has 3 atom stereocenters.